The van der Waals surface area contributed by atoms with Gasteiger partial charge in [0, 0.05) is 12.6 Å². The molecule has 1 saturated heterocycles. The van der Waals surface area contributed by atoms with Gasteiger partial charge in [0.1, 0.15) is 0 Å². The number of hydrogen-bond donors (Lipinski definition) is 1. The molecule has 0 amide bonds. The Hall–Kier alpha value is -0.0800. The average molecular weight is 226 g/mol. The van der Waals surface area contributed by atoms with Crippen molar-refractivity contribution in [3.05, 3.63) is 0 Å². The maximum absolute atomic E-state index is 5.88. The Labute approximate surface area is 102 Å². The van der Waals surface area contributed by atoms with E-state index < -0.39 is 0 Å². The Morgan fingerprint density at radius 2 is 1.88 bits per heavy atom. The van der Waals surface area contributed by atoms with Gasteiger partial charge >= 0.3 is 0 Å². The molecule has 1 aliphatic rings. The quantitative estimate of drug-likeness (QED) is 0.754. The highest BCUT2D eigenvalue weighted by Gasteiger charge is 2.28. The average Bonchev–Trinajstić information content (AvgIpc) is 2.29. The van der Waals surface area contributed by atoms with Gasteiger partial charge in [-0.3, -0.25) is 0 Å². The highest BCUT2D eigenvalue weighted by Crippen LogP contribution is 2.26. The number of hydrogen-bond acceptors (Lipinski definition) is 2. The van der Waals surface area contributed by atoms with Crippen LogP contribution in [0.4, 0.5) is 0 Å². The van der Waals surface area contributed by atoms with E-state index in [1.807, 2.05) is 0 Å². The van der Waals surface area contributed by atoms with Crippen molar-refractivity contribution in [2.75, 3.05) is 19.6 Å². The SMILES string of the molecule is CCCC(CCC)N1CCC(C)C(CN)C1. The molecule has 1 aliphatic heterocycles. The number of nitrogens with zero attached hydrogens (tertiary/aromatic N) is 1. The maximum atomic E-state index is 5.88. The van der Waals surface area contributed by atoms with Crippen LogP contribution in [0.2, 0.25) is 0 Å². The van der Waals surface area contributed by atoms with Gasteiger partial charge in [0.2, 0.25) is 0 Å². The molecular weight excluding hydrogens is 196 g/mol. The summed E-state index contributed by atoms with van der Waals surface area (Å²) in [6, 6.07) is 0.816. The van der Waals surface area contributed by atoms with Crippen molar-refractivity contribution in [1.29, 1.82) is 0 Å². The van der Waals surface area contributed by atoms with Crippen molar-refractivity contribution in [2.45, 2.75) is 58.9 Å². The fraction of sp³-hybridized carbons (Fsp3) is 1.00. The topological polar surface area (TPSA) is 29.3 Å². The van der Waals surface area contributed by atoms with Gasteiger partial charge in [-0.15, -0.1) is 0 Å². The molecule has 2 N–H and O–H groups in total. The number of likely N-dealkylation sites (tertiary alicyclic amines) is 1. The van der Waals surface area contributed by atoms with Crippen LogP contribution in [0, 0.1) is 11.8 Å². The van der Waals surface area contributed by atoms with Crippen LogP contribution in [0.25, 0.3) is 0 Å². The summed E-state index contributed by atoms with van der Waals surface area (Å²) in [7, 11) is 0. The second-order valence-electron chi connectivity index (χ2n) is 5.49. The first kappa shape index (κ1) is 14.0. The molecule has 1 rings (SSSR count). The van der Waals surface area contributed by atoms with Crippen LogP contribution in [0.15, 0.2) is 0 Å². The van der Waals surface area contributed by atoms with Gasteiger partial charge in [-0.1, -0.05) is 33.6 Å². The van der Waals surface area contributed by atoms with Gasteiger partial charge in [-0.25, -0.2) is 0 Å². The molecule has 0 aromatic carbocycles. The third-order valence-electron chi connectivity index (χ3n) is 4.21. The molecule has 0 spiro atoms. The fourth-order valence-corrected chi connectivity index (χ4v) is 2.99. The van der Waals surface area contributed by atoms with Gasteiger partial charge in [0.15, 0.2) is 0 Å². The maximum Gasteiger partial charge on any atom is 0.00951 e. The van der Waals surface area contributed by atoms with Crippen LogP contribution in [0.1, 0.15) is 52.9 Å². The van der Waals surface area contributed by atoms with Crippen LogP contribution in [0.3, 0.4) is 0 Å². The van der Waals surface area contributed by atoms with Crippen molar-refractivity contribution >= 4 is 0 Å². The van der Waals surface area contributed by atoms with E-state index in [9.17, 15) is 0 Å². The van der Waals surface area contributed by atoms with E-state index >= 15 is 0 Å². The van der Waals surface area contributed by atoms with E-state index in [2.05, 4.69) is 25.7 Å². The second kappa shape index (κ2) is 7.29. The highest BCUT2D eigenvalue weighted by atomic mass is 15.2. The number of nitrogens with two attached hydrogens (primary N) is 1. The zero-order chi connectivity index (χ0) is 12.0. The summed E-state index contributed by atoms with van der Waals surface area (Å²) in [4.78, 5) is 2.71. The van der Waals surface area contributed by atoms with Gasteiger partial charge in [0.05, 0.1) is 0 Å². The fourth-order valence-electron chi connectivity index (χ4n) is 2.99. The summed E-state index contributed by atoms with van der Waals surface area (Å²) < 4.78 is 0. The minimum Gasteiger partial charge on any atom is -0.330 e. The second-order valence-corrected chi connectivity index (χ2v) is 5.49. The molecule has 2 unspecified atom stereocenters. The van der Waals surface area contributed by atoms with E-state index in [4.69, 9.17) is 5.73 Å². The van der Waals surface area contributed by atoms with Crippen molar-refractivity contribution < 1.29 is 0 Å². The zero-order valence-electron chi connectivity index (χ0n) is 11.4. The van der Waals surface area contributed by atoms with Crippen molar-refractivity contribution in [3.63, 3.8) is 0 Å². The molecular formula is C14H30N2. The van der Waals surface area contributed by atoms with E-state index in [1.165, 1.54) is 45.2 Å². The summed E-state index contributed by atoms with van der Waals surface area (Å²) in [5, 5.41) is 0. The number of rotatable bonds is 6. The Kier molecular flexibility index (Phi) is 6.37. The van der Waals surface area contributed by atoms with Crippen molar-refractivity contribution in [2.24, 2.45) is 17.6 Å². The van der Waals surface area contributed by atoms with Gasteiger partial charge < -0.3 is 10.6 Å². The lowest BCUT2D eigenvalue weighted by Gasteiger charge is -2.41. The smallest absolute Gasteiger partial charge is 0.00951 e. The normalized spacial score (nSPS) is 27.6. The van der Waals surface area contributed by atoms with Crippen LogP contribution in [-0.2, 0) is 0 Å². The molecule has 1 fully saturated rings. The summed E-state index contributed by atoms with van der Waals surface area (Å²) in [6.45, 7) is 10.4. The Morgan fingerprint density at radius 1 is 1.25 bits per heavy atom. The van der Waals surface area contributed by atoms with Crippen LogP contribution >= 0.6 is 0 Å². The standard InChI is InChI=1S/C14H30N2/c1-4-6-14(7-5-2)16-9-8-12(3)13(10-15)11-16/h12-14H,4-11,15H2,1-3H3. The van der Waals surface area contributed by atoms with E-state index in [-0.39, 0.29) is 0 Å². The van der Waals surface area contributed by atoms with Gasteiger partial charge in [-0.2, -0.15) is 0 Å². The molecule has 96 valence electrons. The largest absolute Gasteiger partial charge is 0.330 e. The number of piperidine rings is 1. The molecule has 0 bridgehead atoms. The predicted molar refractivity (Wildman–Crippen MR) is 71.5 cm³/mol. The lowest BCUT2D eigenvalue weighted by atomic mass is 9.85. The van der Waals surface area contributed by atoms with Gasteiger partial charge in [-0.05, 0) is 44.2 Å². The van der Waals surface area contributed by atoms with E-state index in [1.54, 1.807) is 0 Å². The highest BCUT2D eigenvalue weighted by molar-refractivity contribution is 4.82. The Morgan fingerprint density at radius 3 is 2.38 bits per heavy atom. The molecule has 0 aromatic rings. The molecule has 16 heavy (non-hydrogen) atoms. The van der Waals surface area contributed by atoms with Crippen molar-refractivity contribution in [1.82, 2.24) is 4.90 Å². The first-order chi connectivity index (χ1) is 7.72. The summed E-state index contributed by atoms with van der Waals surface area (Å²) in [6.07, 6.45) is 6.68. The Bertz CT molecular complexity index is 176. The molecule has 0 radical (unpaired) electrons. The molecule has 2 nitrogen and oxygen atoms in total. The minimum absolute atomic E-state index is 0.727. The van der Waals surface area contributed by atoms with Gasteiger partial charge in [0.25, 0.3) is 0 Å². The molecule has 2 atom stereocenters. The van der Waals surface area contributed by atoms with Crippen LogP contribution in [-0.4, -0.2) is 30.6 Å². The third-order valence-corrected chi connectivity index (χ3v) is 4.21. The zero-order valence-corrected chi connectivity index (χ0v) is 11.4. The monoisotopic (exact) mass is 226 g/mol. The van der Waals surface area contributed by atoms with Crippen molar-refractivity contribution in [3.8, 4) is 0 Å². The van der Waals surface area contributed by atoms with E-state index in [0.717, 1.165) is 24.4 Å². The molecule has 0 aromatic heterocycles. The van der Waals surface area contributed by atoms with Crippen LogP contribution < -0.4 is 5.73 Å². The minimum atomic E-state index is 0.727. The molecule has 0 aliphatic carbocycles. The summed E-state index contributed by atoms with van der Waals surface area (Å²) >= 11 is 0. The molecule has 2 heteroatoms. The molecule has 0 saturated carbocycles. The molecule has 1 heterocycles. The Balaban J connectivity index is 2.50. The lowest BCUT2D eigenvalue weighted by Crippen LogP contribution is -2.47. The lowest BCUT2D eigenvalue weighted by molar-refractivity contribution is 0.0817. The summed E-state index contributed by atoms with van der Waals surface area (Å²) in [5.41, 5.74) is 5.88. The first-order valence-corrected chi connectivity index (χ1v) is 7.17. The summed E-state index contributed by atoms with van der Waals surface area (Å²) in [5.74, 6) is 1.55. The van der Waals surface area contributed by atoms with Crippen LogP contribution in [0.5, 0.6) is 0 Å². The third kappa shape index (κ3) is 3.74. The first-order valence-electron chi connectivity index (χ1n) is 7.17. The predicted octanol–water partition coefficient (Wildman–Crippen LogP) is 2.87. The van der Waals surface area contributed by atoms with E-state index in [0.29, 0.717) is 0 Å².